The summed E-state index contributed by atoms with van der Waals surface area (Å²) in [5.74, 6) is 0. The zero-order valence-corrected chi connectivity index (χ0v) is 9.92. The molecule has 1 atom stereocenters. The number of aryl methyl sites for hydroxylation is 2. The third-order valence-electron chi connectivity index (χ3n) is 2.61. The van der Waals surface area contributed by atoms with Gasteiger partial charge >= 0.3 is 0 Å². The molecule has 0 radical (unpaired) electrons. The number of rotatable bonds is 5. The highest BCUT2D eigenvalue weighted by Gasteiger charge is 2.08. The van der Waals surface area contributed by atoms with E-state index >= 15 is 0 Å². The normalized spacial score (nSPS) is 12.8. The molecule has 1 unspecified atom stereocenters. The van der Waals surface area contributed by atoms with Gasteiger partial charge in [-0.15, -0.1) is 0 Å². The molecule has 0 aromatic heterocycles. The third kappa shape index (κ3) is 3.65. The van der Waals surface area contributed by atoms with Gasteiger partial charge in [0.15, 0.2) is 0 Å². The van der Waals surface area contributed by atoms with Crippen LogP contribution in [0.1, 0.15) is 36.1 Å². The van der Waals surface area contributed by atoms with Crippen LogP contribution < -0.4 is 5.73 Å². The van der Waals surface area contributed by atoms with Crippen LogP contribution in [-0.4, -0.2) is 13.2 Å². The Morgan fingerprint density at radius 1 is 1.33 bits per heavy atom. The summed E-state index contributed by atoms with van der Waals surface area (Å²) < 4.78 is 5.32. The first-order valence-electron chi connectivity index (χ1n) is 5.55. The summed E-state index contributed by atoms with van der Waals surface area (Å²) in [6, 6.07) is 6.52. The molecule has 0 spiro atoms. The Morgan fingerprint density at radius 3 is 2.73 bits per heavy atom. The Balaban J connectivity index is 2.64. The molecule has 0 saturated carbocycles. The van der Waals surface area contributed by atoms with E-state index < -0.39 is 0 Å². The van der Waals surface area contributed by atoms with Crippen LogP contribution in [0, 0.1) is 13.8 Å². The van der Waals surface area contributed by atoms with E-state index in [2.05, 4.69) is 32.0 Å². The van der Waals surface area contributed by atoms with Crippen LogP contribution in [0.2, 0.25) is 0 Å². The van der Waals surface area contributed by atoms with Crippen molar-refractivity contribution in [2.45, 2.75) is 33.2 Å². The summed E-state index contributed by atoms with van der Waals surface area (Å²) in [5.41, 5.74) is 9.90. The molecule has 84 valence electrons. The average molecular weight is 207 g/mol. The first-order chi connectivity index (χ1) is 7.15. The number of ether oxygens (including phenoxy) is 1. The van der Waals surface area contributed by atoms with E-state index in [0.717, 1.165) is 19.6 Å². The molecule has 0 saturated heterocycles. The first kappa shape index (κ1) is 12.2. The van der Waals surface area contributed by atoms with E-state index in [9.17, 15) is 0 Å². The SMILES string of the molecule is CCOCCC(N)c1cc(C)ccc1C. The molecule has 0 amide bonds. The zero-order chi connectivity index (χ0) is 11.3. The van der Waals surface area contributed by atoms with Gasteiger partial charge < -0.3 is 10.5 Å². The lowest BCUT2D eigenvalue weighted by Gasteiger charge is -2.15. The summed E-state index contributed by atoms with van der Waals surface area (Å²) in [7, 11) is 0. The van der Waals surface area contributed by atoms with Crippen molar-refractivity contribution in [2.24, 2.45) is 5.73 Å². The smallest absolute Gasteiger partial charge is 0.0483 e. The Hall–Kier alpha value is -0.860. The summed E-state index contributed by atoms with van der Waals surface area (Å²) in [6.45, 7) is 7.71. The molecular formula is C13H21NO. The molecule has 1 aromatic rings. The Labute approximate surface area is 92.4 Å². The maximum Gasteiger partial charge on any atom is 0.0483 e. The Morgan fingerprint density at radius 2 is 2.07 bits per heavy atom. The van der Waals surface area contributed by atoms with Gasteiger partial charge in [0.1, 0.15) is 0 Å². The lowest BCUT2D eigenvalue weighted by atomic mass is 9.98. The standard InChI is InChI=1S/C13H21NO/c1-4-15-8-7-13(14)12-9-10(2)5-6-11(12)3/h5-6,9,13H,4,7-8,14H2,1-3H3. The maximum absolute atomic E-state index is 6.13. The van der Waals surface area contributed by atoms with Crippen molar-refractivity contribution in [3.8, 4) is 0 Å². The van der Waals surface area contributed by atoms with Crippen LogP contribution in [0.5, 0.6) is 0 Å². The molecule has 2 N–H and O–H groups in total. The molecule has 2 nitrogen and oxygen atoms in total. The molecule has 0 aliphatic heterocycles. The monoisotopic (exact) mass is 207 g/mol. The van der Waals surface area contributed by atoms with E-state index in [1.807, 2.05) is 6.92 Å². The number of hydrogen-bond acceptors (Lipinski definition) is 2. The van der Waals surface area contributed by atoms with Crippen LogP contribution in [0.3, 0.4) is 0 Å². The molecule has 0 aliphatic rings. The minimum Gasteiger partial charge on any atom is -0.382 e. The lowest BCUT2D eigenvalue weighted by molar-refractivity contribution is 0.140. The van der Waals surface area contributed by atoms with Gasteiger partial charge in [-0.25, -0.2) is 0 Å². The lowest BCUT2D eigenvalue weighted by Crippen LogP contribution is -2.14. The molecule has 0 fully saturated rings. The van der Waals surface area contributed by atoms with Crippen molar-refractivity contribution in [3.63, 3.8) is 0 Å². The van der Waals surface area contributed by atoms with Gasteiger partial charge in [-0.05, 0) is 38.3 Å². The van der Waals surface area contributed by atoms with Crippen LogP contribution in [0.4, 0.5) is 0 Å². The van der Waals surface area contributed by atoms with Gasteiger partial charge in [-0.1, -0.05) is 23.8 Å². The third-order valence-corrected chi connectivity index (χ3v) is 2.61. The van der Waals surface area contributed by atoms with Gasteiger partial charge in [-0.2, -0.15) is 0 Å². The van der Waals surface area contributed by atoms with Gasteiger partial charge in [0.25, 0.3) is 0 Å². The highest BCUT2D eigenvalue weighted by molar-refractivity contribution is 5.32. The highest BCUT2D eigenvalue weighted by atomic mass is 16.5. The van der Waals surface area contributed by atoms with Crippen LogP contribution in [0.25, 0.3) is 0 Å². The van der Waals surface area contributed by atoms with Crippen molar-refractivity contribution in [1.82, 2.24) is 0 Å². The average Bonchev–Trinajstić information content (AvgIpc) is 2.22. The van der Waals surface area contributed by atoms with Gasteiger partial charge in [0.2, 0.25) is 0 Å². The van der Waals surface area contributed by atoms with Crippen molar-refractivity contribution < 1.29 is 4.74 Å². The number of benzene rings is 1. The van der Waals surface area contributed by atoms with Gasteiger partial charge in [-0.3, -0.25) is 0 Å². The van der Waals surface area contributed by atoms with Crippen molar-refractivity contribution in [3.05, 3.63) is 34.9 Å². The van der Waals surface area contributed by atoms with Crippen molar-refractivity contribution >= 4 is 0 Å². The molecule has 1 aromatic carbocycles. The van der Waals surface area contributed by atoms with Crippen LogP contribution >= 0.6 is 0 Å². The minimum atomic E-state index is 0.0939. The summed E-state index contributed by atoms with van der Waals surface area (Å²) in [4.78, 5) is 0. The predicted octanol–water partition coefficient (Wildman–Crippen LogP) is 2.73. The second-order valence-corrected chi connectivity index (χ2v) is 3.95. The molecule has 0 bridgehead atoms. The fourth-order valence-corrected chi connectivity index (χ4v) is 1.67. The molecule has 2 heteroatoms. The molecular weight excluding hydrogens is 186 g/mol. The summed E-state index contributed by atoms with van der Waals surface area (Å²) in [6.07, 6.45) is 0.887. The van der Waals surface area contributed by atoms with E-state index in [0.29, 0.717) is 0 Å². The fourth-order valence-electron chi connectivity index (χ4n) is 1.67. The Bertz CT molecular complexity index is 309. The van der Waals surface area contributed by atoms with Crippen molar-refractivity contribution in [2.75, 3.05) is 13.2 Å². The largest absolute Gasteiger partial charge is 0.382 e. The van der Waals surface area contributed by atoms with Crippen molar-refractivity contribution in [1.29, 1.82) is 0 Å². The van der Waals surface area contributed by atoms with E-state index in [4.69, 9.17) is 10.5 Å². The van der Waals surface area contributed by atoms with E-state index in [1.165, 1.54) is 16.7 Å². The summed E-state index contributed by atoms with van der Waals surface area (Å²) >= 11 is 0. The van der Waals surface area contributed by atoms with E-state index in [-0.39, 0.29) is 6.04 Å². The van der Waals surface area contributed by atoms with Gasteiger partial charge in [0.05, 0.1) is 0 Å². The topological polar surface area (TPSA) is 35.2 Å². The first-order valence-corrected chi connectivity index (χ1v) is 5.55. The number of nitrogens with two attached hydrogens (primary N) is 1. The second-order valence-electron chi connectivity index (χ2n) is 3.95. The molecule has 1 rings (SSSR count). The highest BCUT2D eigenvalue weighted by Crippen LogP contribution is 2.19. The maximum atomic E-state index is 6.13. The second kappa shape index (κ2) is 5.89. The molecule has 0 heterocycles. The zero-order valence-electron chi connectivity index (χ0n) is 9.92. The molecule has 15 heavy (non-hydrogen) atoms. The fraction of sp³-hybridized carbons (Fsp3) is 0.538. The van der Waals surface area contributed by atoms with Crippen LogP contribution in [-0.2, 0) is 4.74 Å². The summed E-state index contributed by atoms with van der Waals surface area (Å²) in [5, 5.41) is 0. The predicted molar refractivity (Wildman–Crippen MR) is 64.0 cm³/mol. The van der Waals surface area contributed by atoms with Gasteiger partial charge in [0, 0.05) is 19.3 Å². The van der Waals surface area contributed by atoms with E-state index in [1.54, 1.807) is 0 Å². The quantitative estimate of drug-likeness (QED) is 0.753. The Kier molecular flexibility index (Phi) is 4.79. The molecule has 0 aliphatic carbocycles. The number of hydrogen-bond donors (Lipinski definition) is 1. The van der Waals surface area contributed by atoms with Crippen LogP contribution in [0.15, 0.2) is 18.2 Å². The minimum absolute atomic E-state index is 0.0939.